The third-order valence-electron chi connectivity index (χ3n) is 3.89. The quantitative estimate of drug-likeness (QED) is 0.586. The van der Waals surface area contributed by atoms with Crippen LogP contribution in [0.25, 0.3) is 0 Å². The second-order valence-corrected chi connectivity index (χ2v) is 5.40. The molecule has 6 heteroatoms. The summed E-state index contributed by atoms with van der Waals surface area (Å²) in [7, 11) is 0. The molecule has 0 aromatic heterocycles. The predicted molar refractivity (Wildman–Crippen MR) is 80.5 cm³/mol. The van der Waals surface area contributed by atoms with Gasteiger partial charge in [-0.2, -0.15) is 0 Å². The van der Waals surface area contributed by atoms with E-state index in [4.69, 9.17) is 4.74 Å². The van der Waals surface area contributed by atoms with Gasteiger partial charge in [-0.25, -0.2) is 4.79 Å². The lowest BCUT2D eigenvalue weighted by Gasteiger charge is -2.30. The summed E-state index contributed by atoms with van der Waals surface area (Å²) in [5, 5.41) is 0. The zero-order valence-corrected chi connectivity index (χ0v) is 12.8. The molecule has 0 aromatic carbocycles. The van der Waals surface area contributed by atoms with Crippen molar-refractivity contribution in [2.75, 3.05) is 19.7 Å². The summed E-state index contributed by atoms with van der Waals surface area (Å²) in [4.78, 5) is 39.0. The van der Waals surface area contributed by atoms with Gasteiger partial charge in [0.2, 0.25) is 5.91 Å². The summed E-state index contributed by atoms with van der Waals surface area (Å²) in [6.45, 7) is 7.85. The summed E-state index contributed by atoms with van der Waals surface area (Å²) < 4.78 is 4.91. The molecule has 2 rings (SSSR count). The number of ether oxygens (including phenoxy) is 1. The molecule has 22 heavy (non-hydrogen) atoms. The molecule has 1 saturated heterocycles. The number of carbonyl (C=O) groups excluding carboxylic acids is 3. The maximum Gasteiger partial charge on any atom is 0.417 e. The number of carbonyl (C=O) groups is 3. The Morgan fingerprint density at radius 2 is 2.09 bits per heavy atom. The van der Waals surface area contributed by atoms with E-state index in [9.17, 15) is 14.4 Å². The summed E-state index contributed by atoms with van der Waals surface area (Å²) in [6.07, 6.45) is 7.72. The Balaban J connectivity index is 2.26. The molecule has 0 saturated carbocycles. The Labute approximate surface area is 129 Å². The van der Waals surface area contributed by atoms with Gasteiger partial charge in [-0.3, -0.25) is 14.5 Å². The summed E-state index contributed by atoms with van der Waals surface area (Å²) >= 11 is 0. The zero-order valence-electron chi connectivity index (χ0n) is 12.8. The fourth-order valence-corrected chi connectivity index (χ4v) is 2.94. The van der Waals surface area contributed by atoms with Crippen molar-refractivity contribution < 1.29 is 19.1 Å². The largest absolute Gasteiger partial charge is 0.449 e. The van der Waals surface area contributed by atoms with Gasteiger partial charge in [0.15, 0.2) is 0 Å². The minimum atomic E-state index is -0.760. The van der Waals surface area contributed by atoms with Crippen molar-refractivity contribution in [2.45, 2.75) is 13.8 Å². The third kappa shape index (κ3) is 2.68. The molecule has 1 unspecified atom stereocenters. The van der Waals surface area contributed by atoms with Crippen molar-refractivity contribution in [1.82, 2.24) is 9.80 Å². The van der Waals surface area contributed by atoms with Crippen LogP contribution >= 0.6 is 0 Å². The first-order valence-corrected chi connectivity index (χ1v) is 7.19. The zero-order chi connectivity index (χ0) is 16.3. The van der Waals surface area contributed by atoms with Crippen LogP contribution in [0.5, 0.6) is 0 Å². The van der Waals surface area contributed by atoms with Crippen LogP contribution in [0.15, 0.2) is 37.2 Å². The Morgan fingerprint density at radius 3 is 2.59 bits per heavy atom. The Morgan fingerprint density at radius 1 is 1.45 bits per heavy atom. The Bertz CT molecular complexity index is 550. The minimum absolute atomic E-state index is 0.185. The van der Waals surface area contributed by atoms with Crippen LogP contribution in [0.1, 0.15) is 13.8 Å². The van der Waals surface area contributed by atoms with E-state index in [2.05, 4.69) is 6.58 Å². The maximum atomic E-state index is 12.4. The average Bonchev–Trinajstić information content (AvgIpc) is 2.72. The molecule has 1 fully saturated rings. The van der Waals surface area contributed by atoms with Gasteiger partial charge in [0.05, 0.1) is 6.61 Å². The second-order valence-electron chi connectivity index (χ2n) is 5.40. The first-order chi connectivity index (χ1) is 10.4. The molecule has 0 N–H and O–H groups in total. The monoisotopic (exact) mass is 304 g/mol. The number of nitrogens with zero attached hydrogens (tertiary/aromatic N) is 2. The highest BCUT2D eigenvalue weighted by Gasteiger charge is 2.52. The van der Waals surface area contributed by atoms with E-state index in [0.29, 0.717) is 13.1 Å². The van der Waals surface area contributed by atoms with Crippen molar-refractivity contribution in [3.8, 4) is 0 Å². The summed E-state index contributed by atoms with van der Waals surface area (Å²) in [5.74, 6) is -1.15. The lowest BCUT2D eigenvalue weighted by atomic mass is 9.75. The van der Waals surface area contributed by atoms with Crippen LogP contribution in [-0.4, -0.2) is 47.3 Å². The molecular formula is C16H20N2O4. The minimum Gasteiger partial charge on any atom is -0.449 e. The Kier molecular flexibility index (Phi) is 4.49. The maximum absolute atomic E-state index is 12.4. The molecule has 1 atom stereocenters. The fourth-order valence-electron chi connectivity index (χ4n) is 2.94. The van der Waals surface area contributed by atoms with E-state index in [1.54, 1.807) is 42.5 Å². The lowest BCUT2D eigenvalue weighted by Crippen LogP contribution is -2.36. The van der Waals surface area contributed by atoms with Gasteiger partial charge in [0, 0.05) is 30.9 Å². The van der Waals surface area contributed by atoms with Crippen molar-refractivity contribution in [3.63, 3.8) is 0 Å². The first-order valence-electron chi connectivity index (χ1n) is 7.19. The Hall–Kier alpha value is -2.37. The molecule has 2 aliphatic heterocycles. The molecule has 2 aliphatic rings. The molecule has 1 spiro atoms. The van der Waals surface area contributed by atoms with Gasteiger partial charge in [-0.05, 0) is 13.8 Å². The molecule has 0 aromatic rings. The van der Waals surface area contributed by atoms with Crippen LogP contribution in [0, 0.1) is 11.3 Å². The van der Waals surface area contributed by atoms with E-state index < -0.39 is 17.4 Å². The summed E-state index contributed by atoms with van der Waals surface area (Å²) in [6, 6.07) is 0. The van der Waals surface area contributed by atoms with Crippen molar-refractivity contribution in [2.24, 2.45) is 11.3 Å². The van der Waals surface area contributed by atoms with Gasteiger partial charge in [0.1, 0.15) is 11.7 Å². The fraction of sp³-hybridized carbons (Fsp3) is 0.438. The topological polar surface area (TPSA) is 66.9 Å². The van der Waals surface area contributed by atoms with Crippen LogP contribution in [0.4, 0.5) is 4.79 Å². The second kappa shape index (κ2) is 6.17. The summed E-state index contributed by atoms with van der Waals surface area (Å²) in [5.41, 5.74) is -0.713. The van der Waals surface area contributed by atoms with Crippen LogP contribution in [0.3, 0.4) is 0 Å². The average molecular weight is 304 g/mol. The highest BCUT2D eigenvalue weighted by Crippen LogP contribution is 2.42. The lowest BCUT2D eigenvalue weighted by molar-refractivity contribution is -0.136. The number of hydrogen-bond acceptors (Lipinski definition) is 4. The number of Topliss-reactive ketones (excluding diaryl/α,β-unsaturated/α-hetero) is 1. The number of hydrogen-bond donors (Lipinski definition) is 0. The molecule has 0 bridgehead atoms. The molecule has 2 heterocycles. The smallest absolute Gasteiger partial charge is 0.417 e. The third-order valence-corrected chi connectivity index (χ3v) is 3.89. The van der Waals surface area contributed by atoms with Gasteiger partial charge in [-0.15, -0.1) is 6.58 Å². The molecule has 6 nitrogen and oxygen atoms in total. The van der Waals surface area contributed by atoms with Gasteiger partial charge in [0.25, 0.3) is 0 Å². The molecule has 118 valence electrons. The van der Waals surface area contributed by atoms with Gasteiger partial charge in [-0.1, -0.05) is 18.2 Å². The highest BCUT2D eigenvalue weighted by molar-refractivity contribution is 6.03. The van der Waals surface area contributed by atoms with Crippen molar-refractivity contribution in [1.29, 1.82) is 0 Å². The SMILES string of the molecule is C=CCN1CC2(C=CN(C(=O)OCC)C=C2)C(C(C)=O)C1=O. The molecule has 0 radical (unpaired) electrons. The number of ketones is 1. The predicted octanol–water partition coefficient (Wildman–Crippen LogP) is 1.71. The first kappa shape index (κ1) is 16.0. The highest BCUT2D eigenvalue weighted by atomic mass is 16.5. The van der Waals surface area contributed by atoms with Crippen LogP contribution in [0.2, 0.25) is 0 Å². The van der Waals surface area contributed by atoms with E-state index >= 15 is 0 Å². The van der Waals surface area contributed by atoms with Crippen LogP contribution in [-0.2, 0) is 14.3 Å². The normalized spacial score (nSPS) is 22.3. The molecule has 2 amide bonds. The number of likely N-dealkylation sites (tertiary alicyclic amines) is 1. The van der Waals surface area contributed by atoms with Crippen molar-refractivity contribution >= 4 is 17.8 Å². The standard InChI is InChI=1S/C16H20N2O4/c1-4-8-18-11-16(13(12(3)19)14(18)20)6-9-17(10-7-16)15(21)22-5-2/h4,6-7,9-10,13H,1,5,8,11H2,2-3H3. The van der Waals surface area contributed by atoms with E-state index in [1.807, 2.05) is 0 Å². The molecular weight excluding hydrogens is 284 g/mol. The van der Waals surface area contributed by atoms with Gasteiger partial charge >= 0.3 is 6.09 Å². The van der Waals surface area contributed by atoms with E-state index in [0.717, 1.165) is 0 Å². The van der Waals surface area contributed by atoms with Crippen molar-refractivity contribution in [3.05, 3.63) is 37.2 Å². The van der Waals surface area contributed by atoms with E-state index in [1.165, 1.54) is 11.8 Å². The number of amides is 2. The van der Waals surface area contributed by atoms with Gasteiger partial charge < -0.3 is 9.64 Å². The van der Waals surface area contributed by atoms with E-state index in [-0.39, 0.29) is 18.3 Å². The number of rotatable bonds is 4. The van der Waals surface area contributed by atoms with Crippen LogP contribution < -0.4 is 0 Å². The molecule has 0 aliphatic carbocycles.